The minimum absolute atomic E-state index is 0.0590. The minimum atomic E-state index is -1.71. The zero-order valence-electron chi connectivity index (χ0n) is 47.0. The first-order valence-corrected chi connectivity index (χ1v) is 30.2. The van der Waals surface area contributed by atoms with E-state index >= 15 is 0 Å². The molecule has 0 radical (unpaired) electrons. The summed E-state index contributed by atoms with van der Waals surface area (Å²) >= 11 is 0. The van der Waals surface area contributed by atoms with E-state index in [1.165, 1.54) is 135 Å². The zero-order chi connectivity index (χ0) is 54.4. The Balaban J connectivity index is 1.70. The van der Waals surface area contributed by atoms with Crippen LogP contribution >= 0.6 is 0 Å². The van der Waals surface area contributed by atoms with Gasteiger partial charge in [0.1, 0.15) is 54.9 Å². The van der Waals surface area contributed by atoms with Crippen molar-refractivity contribution in [1.29, 1.82) is 0 Å². The Hall–Kier alpha value is -2.05. The number of aliphatic hydroxyl groups is 7. The molecule has 2 heterocycles. The Morgan fingerprint density at radius 3 is 1.36 bits per heavy atom. The molecule has 0 aromatic carbocycles. The second-order valence-electron chi connectivity index (χ2n) is 21.2. The molecule has 0 amide bonds. The van der Waals surface area contributed by atoms with Gasteiger partial charge in [-0.05, 0) is 51.4 Å². The molecule has 7 N–H and O–H groups in total. The Bertz CT molecular complexity index is 1420. The van der Waals surface area contributed by atoms with Crippen molar-refractivity contribution in [3.05, 3.63) is 48.6 Å². The molecule has 14 heteroatoms. The first-order chi connectivity index (χ1) is 36.6. The van der Waals surface area contributed by atoms with Crippen LogP contribution in [0, 0.1) is 0 Å². The van der Waals surface area contributed by atoms with Gasteiger partial charge >= 0.3 is 5.97 Å². The fourth-order valence-corrected chi connectivity index (χ4v) is 9.51. The van der Waals surface area contributed by atoms with Crippen LogP contribution in [0.4, 0.5) is 0 Å². The molecule has 11 unspecified atom stereocenters. The van der Waals surface area contributed by atoms with E-state index in [1.807, 2.05) is 0 Å². The van der Waals surface area contributed by atoms with E-state index in [1.54, 1.807) is 0 Å². The molecular weight excluding hydrogens is 957 g/mol. The highest BCUT2D eigenvalue weighted by atomic mass is 16.7. The smallest absolute Gasteiger partial charge is 0.306 e. The maximum Gasteiger partial charge on any atom is 0.306 e. The zero-order valence-corrected chi connectivity index (χ0v) is 47.0. The van der Waals surface area contributed by atoms with Crippen LogP contribution in [0.5, 0.6) is 0 Å². The standard InChI is InChI=1S/C61H110O14/c1-3-5-7-9-11-13-15-17-19-21-23-24-25-27-29-31-33-35-37-39-41-43-45-70-47-50(73-53(63)44-42-40-38-36-34-32-30-28-26-22-20-18-16-14-12-10-8-6-4-2)48-71-60-59(69)57(67)55(65)52(75-60)49-72-61-58(68)56(66)54(64)51(46-62)74-61/h5,7,11,13,17,19,23-24,50-52,54-62,64-69H,3-4,6,8-10,12,14-16,18,20-22,25-49H2,1-2H3/b7-5-,13-11-,19-17-,24-23-. The van der Waals surface area contributed by atoms with Gasteiger partial charge in [0.25, 0.3) is 0 Å². The molecule has 0 aliphatic carbocycles. The van der Waals surface area contributed by atoms with Crippen molar-refractivity contribution in [3.8, 4) is 0 Å². The Kier molecular flexibility index (Phi) is 44.1. The second kappa shape index (κ2) is 47.9. The molecule has 2 saturated heterocycles. The number of carbonyl (C=O) groups is 1. The highest BCUT2D eigenvalue weighted by molar-refractivity contribution is 5.69. The fraction of sp³-hybridized carbons (Fsp3) is 0.852. The van der Waals surface area contributed by atoms with E-state index < -0.39 is 80.7 Å². The molecule has 2 aliphatic heterocycles. The lowest BCUT2D eigenvalue weighted by molar-refractivity contribution is -0.332. The van der Waals surface area contributed by atoms with Crippen molar-refractivity contribution in [1.82, 2.24) is 0 Å². The van der Waals surface area contributed by atoms with Crippen molar-refractivity contribution in [3.63, 3.8) is 0 Å². The average molecular weight is 1070 g/mol. The molecule has 2 aliphatic rings. The summed E-state index contributed by atoms with van der Waals surface area (Å²) in [4.78, 5) is 13.1. The van der Waals surface area contributed by atoms with Gasteiger partial charge in [-0.1, -0.05) is 223 Å². The quantitative estimate of drug-likeness (QED) is 0.0172. The van der Waals surface area contributed by atoms with Crippen molar-refractivity contribution in [2.24, 2.45) is 0 Å². The van der Waals surface area contributed by atoms with Crippen molar-refractivity contribution in [2.45, 2.75) is 300 Å². The summed E-state index contributed by atoms with van der Waals surface area (Å²) in [7, 11) is 0. The Morgan fingerprint density at radius 1 is 0.453 bits per heavy atom. The topological polar surface area (TPSA) is 214 Å². The van der Waals surface area contributed by atoms with E-state index in [4.69, 9.17) is 28.4 Å². The molecule has 0 aromatic rings. The Morgan fingerprint density at radius 2 is 0.867 bits per heavy atom. The number of aliphatic hydroxyl groups excluding tert-OH is 7. The van der Waals surface area contributed by atoms with Crippen LogP contribution in [0.25, 0.3) is 0 Å². The molecule has 0 spiro atoms. The van der Waals surface area contributed by atoms with E-state index in [2.05, 4.69) is 62.5 Å². The Labute approximate surface area is 454 Å². The summed E-state index contributed by atoms with van der Waals surface area (Å²) in [6, 6.07) is 0. The highest BCUT2D eigenvalue weighted by Gasteiger charge is 2.47. The molecule has 0 aromatic heterocycles. The summed E-state index contributed by atoms with van der Waals surface area (Å²) in [6.45, 7) is 3.60. The third-order valence-electron chi connectivity index (χ3n) is 14.4. The van der Waals surface area contributed by atoms with Crippen molar-refractivity contribution < 1.29 is 69.0 Å². The molecule has 0 saturated carbocycles. The van der Waals surface area contributed by atoms with Crippen LogP contribution in [0.3, 0.4) is 0 Å². The van der Waals surface area contributed by atoms with E-state index in [0.717, 1.165) is 70.6 Å². The van der Waals surface area contributed by atoms with Gasteiger partial charge in [-0.15, -0.1) is 0 Å². The summed E-state index contributed by atoms with van der Waals surface area (Å²) in [5.74, 6) is -0.375. The number of hydrogen-bond acceptors (Lipinski definition) is 14. The molecule has 438 valence electrons. The largest absolute Gasteiger partial charge is 0.457 e. The third kappa shape index (κ3) is 34.5. The molecule has 11 atom stereocenters. The summed E-state index contributed by atoms with van der Waals surface area (Å²) in [5.41, 5.74) is 0. The number of esters is 1. The lowest BCUT2D eigenvalue weighted by atomic mass is 9.98. The van der Waals surface area contributed by atoms with Crippen LogP contribution in [0.2, 0.25) is 0 Å². The predicted molar refractivity (Wildman–Crippen MR) is 298 cm³/mol. The van der Waals surface area contributed by atoms with E-state index in [-0.39, 0.29) is 25.6 Å². The SMILES string of the molecule is CC/C=C\C/C=C\C/C=C\C/C=C\CCCCCCCCCCCOCC(COC1OC(COC2OC(CO)C(O)C(O)C2O)C(O)C(O)C1O)OC(=O)CCCCCCCCCCCCCCCCCCCCC. The highest BCUT2D eigenvalue weighted by Crippen LogP contribution is 2.27. The van der Waals surface area contributed by atoms with Gasteiger partial charge < -0.3 is 64.2 Å². The maximum atomic E-state index is 13.1. The predicted octanol–water partition coefficient (Wildman–Crippen LogP) is 11.1. The first-order valence-electron chi connectivity index (χ1n) is 30.2. The number of ether oxygens (including phenoxy) is 6. The molecule has 2 fully saturated rings. The molecule has 14 nitrogen and oxygen atoms in total. The van der Waals surface area contributed by atoms with Gasteiger partial charge in [0.2, 0.25) is 0 Å². The molecule has 0 bridgehead atoms. The third-order valence-corrected chi connectivity index (χ3v) is 14.4. The van der Waals surface area contributed by atoms with Gasteiger partial charge in [0, 0.05) is 13.0 Å². The van der Waals surface area contributed by atoms with Gasteiger partial charge in [0.15, 0.2) is 12.6 Å². The minimum Gasteiger partial charge on any atom is -0.457 e. The fourth-order valence-electron chi connectivity index (χ4n) is 9.51. The van der Waals surface area contributed by atoms with Gasteiger partial charge in [-0.2, -0.15) is 0 Å². The van der Waals surface area contributed by atoms with Crippen molar-refractivity contribution in [2.75, 3.05) is 33.0 Å². The maximum absolute atomic E-state index is 13.1. The number of rotatable bonds is 49. The van der Waals surface area contributed by atoms with E-state index in [9.17, 15) is 40.5 Å². The van der Waals surface area contributed by atoms with Crippen molar-refractivity contribution >= 4 is 5.97 Å². The lowest BCUT2D eigenvalue weighted by Crippen LogP contribution is -2.61. The lowest BCUT2D eigenvalue weighted by Gasteiger charge is -2.42. The summed E-state index contributed by atoms with van der Waals surface area (Å²) < 4.78 is 34.4. The monoisotopic (exact) mass is 1070 g/mol. The van der Waals surface area contributed by atoms with Crippen LogP contribution in [-0.4, -0.2) is 142 Å². The van der Waals surface area contributed by atoms with Gasteiger partial charge in [-0.3, -0.25) is 4.79 Å². The number of unbranched alkanes of at least 4 members (excludes halogenated alkanes) is 27. The van der Waals surface area contributed by atoms with Gasteiger partial charge in [-0.25, -0.2) is 0 Å². The molecule has 2 rings (SSSR count). The number of carbonyl (C=O) groups excluding carboxylic acids is 1. The normalized spacial score (nSPS) is 24.9. The summed E-state index contributed by atoms with van der Waals surface area (Å²) in [5, 5.41) is 72.4. The second-order valence-corrected chi connectivity index (χ2v) is 21.2. The summed E-state index contributed by atoms with van der Waals surface area (Å²) in [6.07, 6.45) is 41.7. The number of hydrogen-bond donors (Lipinski definition) is 7. The molecule has 75 heavy (non-hydrogen) atoms. The van der Waals surface area contributed by atoms with Crippen LogP contribution in [0.1, 0.15) is 232 Å². The average Bonchev–Trinajstić information content (AvgIpc) is 3.41. The number of allylic oxidation sites excluding steroid dienone is 8. The van der Waals surface area contributed by atoms with Gasteiger partial charge in [0.05, 0.1) is 26.4 Å². The van der Waals surface area contributed by atoms with Crippen LogP contribution in [-0.2, 0) is 33.2 Å². The van der Waals surface area contributed by atoms with E-state index in [0.29, 0.717) is 13.0 Å². The van der Waals surface area contributed by atoms with Crippen LogP contribution in [0.15, 0.2) is 48.6 Å². The first kappa shape index (κ1) is 69.1. The molecular formula is C61H110O14. The van der Waals surface area contributed by atoms with Crippen LogP contribution < -0.4 is 0 Å².